The lowest BCUT2D eigenvalue weighted by Gasteiger charge is -1.96. The van der Waals surface area contributed by atoms with E-state index in [4.69, 9.17) is 4.42 Å². The molecule has 0 saturated carbocycles. The molecule has 2 rings (SSSR count). The molecule has 0 amide bonds. The Labute approximate surface area is 76.9 Å². The lowest BCUT2D eigenvalue weighted by molar-refractivity contribution is 0.519. The van der Waals surface area contributed by atoms with Gasteiger partial charge in [-0.15, -0.1) is 0 Å². The molecule has 0 N–H and O–H groups in total. The number of hydrogen-bond donors (Lipinski definition) is 0. The minimum absolute atomic E-state index is 0.297. The van der Waals surface area contributed by atoms with Crippen molar-refractivity contribution < 1.29 is 4.42 Å². The SMILES string of the molecule is O=c1occc2c(Br)cccc12. The standard InChI is InChI=1S/C9H5BrO2/c10-8-3-1-2-7-6(8)4-5-12-9(7)11/h1-5H. The first-order valence-electron chi connectivity index (χ1n) is 3.45. The summed E-state index contributed by atoms with van der Waals surface area (Å²) < 4.78 is 5.63. The Morgan fingerprint density at radius 3 is 2.75 bits per heavy atom. The fourth-order valence-electron chi connectivity index (χ4n) is 1.11. The predicted molar refractivity (Wildman–Crippen MR) is 50.2 cm³/mol. The lowest BCUT2D eigenvalue weighted by Crippen LogP contribution is -1.97. The van der Waals surface area contributed by atoms with E-state index in [-0.39, 0.29) is 5.63 Å². The van der Waals surface area contributed by atoms with Gasteiger partial charge < -0.3 is 4.42 Å². The summed E-state index contributed by atoms with van der Waals surface area (Å²) in [6.07, 6.45) is 1.40. The second-order valence-electron chi connectivity index (χ2n) is 2.41. The van der Waals surface area contributed by atoms with Crippen LogP contribution in [0.15, 0.2) is 44.2 Å². The van der Waals surface area contributed by atoms with Crippen molar-refractivity contribution in [3.05, 3.63) is 45.4 Å². The van der Waals surface area contributed by atoms with Crippen LogP contribution in [0.5, 0.6) is 0 Å². The zero-order chi connectivity index (χ0) is 8.55. The van der Waals surface area contributed by atoms with Gasteiger partial charge in [0, 0.05) is 9.86 Å². The van der Waals surface area contributed by atoms with Crippen molar-refractivity contribution >= 4 is 26.7 Å². The Bertz CT molecular complexity index is 473. The minimum Gasteiger partial charge on any atom is -0.431 e. The van der Waals surface area contributed by atoms with Crippen LogP contribution in [0.3, 0.4) is 0 Å². The molecule has 0 aliphatic heterocycles. The number of fused-ring (bicyclic) bond motifs is 1. The summed E-state index contributed by atoms with van der Waals surface area (Å²) in [5.41, 5.74) is -0.297. The summed E-state index contributed by atoms with van der Waals surface area (Å²) in [5.74, 6) is 0. The largest absolute Gasteiger partial charge is 0.431 e. The van der Waals surface area contributed by atoms with Gasteiger partial charge in [-0.25, -0.2) is 4.79 Å². The van der Waals surface area contributed by atoms with Crippen molar-refractivity contribution in [3.8, 4) is 0 Å². The van der Waals surface area contributed by atoms with Gasteiger partial charge in [-0.1, -0.05) is 22.0 Å². The number of rotatable bonds is 0. The summed E-state index contributed by atoms with van der Waals surface area (Å²) in [6.45, 7) is 0. The maximum atomic E-state index is 11.1. The molecule has 2 nitrogen and oxygen atoms in total. The monoisotopic (exact) mass is 224 g/mol. The molecule has 0 spiro atoms. The Morgan fingerprint density at radius 2 is 2.00 bits per heavy atom. The van der Waals surface area contributed by atoms with Crippen molar-refractivity contribution in [1.82, 2.24) is 0 Å². The van der Waals surface area contributed by atoms with Crippen molar-refractivity contribution in [2.75, 3.05) is 0 Å². The zero-order valence-electron chi connectivity index (χ0n) is 6.08. The smallest absolute Gasteiger partial charge is 0.343 e. The van der Waals surface area contributed by atoms with E-state index in [1.165, 1.54) is 6.26 Å². The zero-order valence-corrected chi connectivity index (χ0v) is 7.67. The van der Waals surface area contributed by atoms with Gasteiger partial charge in [0.25, 0.3) is 0 Å². The van der Waals surface area contributed by atoms with Crippen LogP contribution in [0, 0.1) is 0 Å². The van der Waals surface area contributed by atoms with Gasteiger partial charge >= 0.3 is 5.63 Å². The Morgan fingerprint density at radius 1 is 1.17 bits per heavy atom. The predicted octanol–water partition coefficient (Wildman–Crippen LogP) is 2.56. The summed E-state index contributed by atoms with van der Waals surface area (Å²) in [5, 5.41) is 1.49. The van der Waals surface area contributed by atoms with E-state index in [0.29, 0.717) is 5.39 Å². The summed E-state index contributed by atoms with van der Waals surface area (Å²) in [4.78, 5) is 11.1. The molecule has 0 bridgehead atoms. The maximum absolute atomic E-state index is 11.1. The van der Waals surface area contributed by atoms with E-state index in [9.17, 15) is 4.79 Å². The number of halogens is 1. The summed E-state index contributed by atoms with van der Waals surface area (Å²) >= 11 is 3.35. The highest BCUT2D eigenvalue weighted by Gasteiger charge is 2.00. The van der Waals surface area contributed by atoms with Crippen LogP contribution < -0.4 is 5.63 Å². The molecule has 1 aromatic carbocycles. The third-order valence-corrected chi connectivity index (χ3v) is 2.37. The van der Waals surface area contributed by atoms with E-state index < -0.39 is 0 Å². The van der Waals surface area contributed by atoms with Crippen LogP contribution in [-0.2, 0) is 0 Å². The molecular weight excluding hydrogens is 220 g/mol. The van der Waals surface area contributed by atoms with Gasteiger partial charge in [0.1, 0.15) is 0 Å². The molecule has 0 aliphatic carbocycles. The average molecular weight is 225 g/mol. The normalized spacial score (nSPS) is 10.4. The van der Waals surface area contributed by atoms with Gasteiger partial charge in [-0.05, 0) is 18.2 Å². The van der Waals surface area contributed by atoms with Gasteiger partial charge in [-0.3, -0.25) is 0 Å². The Hall–Kier alpha value is -1.09. The van der Waals surface area contributed by atoms with Gasteiger partial charge in [0.2, 0.25) is 0 Å². The first-order valence-corrected chi connectivity index (χ1v) is 4.24. The Kier molecular flexibility index (Phi) is 1.73. The molecule has 0 unspecified atom stereocenters. The van der Waals surface area contributed by atoms with Crippen LogP contribution in [0.2, 0.25) is 0 Å². The highest BCUT2D eigenvalue weighted by Crippen LogP contribution is 2.20. The maximum Gasteiger partial charge on any atom is 0.343 e. The van der Waals surface area contributed by atoms with Crippen molar-refractivity contribution in [3.63, 3.8) is 0 Å². The number of hydrogen-bond acceptors (Lipinski definition) is 2. The lowest BCUT2D eigenvalue weighted by atomic mass is 10.2. The highest BCUT2D eigenvalue weighted by atomic mass is 79.9. The summed E-state index contributed by atoms with van der Waals surface area (Å²) in [6, 6.07) is 7.21. The first-order chi connectivity index (χ1) is 5.79. The average Bonchev–Trinajstić information content (AvgIpc) is 2.07. The topological polar surface area (TPSA) is 30.2 Å². The molecule has 0 atom stereocenters. The van der Waals surface area contributed by atoms with Crippen LogP contribution in [0.1, 0.15) is 0 Å². The van der Waals surface area contributed by atoms with Crippen molar-refractivity contribution in [2.45, 2.75) is 0 Å². The molecule has 0 fully saturated rings. The van der Waals surface area contributed by atoms with E-state index in [1.54, 1.807) is 12.1 Å². The fraction of sp³-hybridized carbons (Fsp3) is 0. The molecule has 2 aromatic rings. The molecule has 0 saturated heterocycles. The summed E-state index contributed by atoms with van der Waals surface area (Å²) in [7, 11) is 0. The minimum atomic E-state index is -0.297. The third kappa shape index (κ3) is 1.06. The van der Waals surface area contributed by atoms with Crippen molar-refractivity contribution in [1.29, 1.82) is 0 Å². The van der Waals surface area contributed by atoms with Crippen LogP contribution >= 0.6 is 15.9 Å². The third-order valence-electron chi connectivity index (χ3n) is 1.68. The van der Waals surface area contributed by atoms with E-state index in [0.717, 1.165) is 9.86 Å². The van der Waals surface area contributed by atoms with E-state index in [2.05, 4.69) is 15.9 Å². The van der Waals surface area contributed by atoms with E-state index in [1.807, 2.05) is 12.1 Å². The molecule has 60 valence electrons. The van der Waals surface area contributed by atoms with E-state index >= 15 is 0 Å². The van der Waals surface area contributed by atoms with Gasteiger partial charge in [-0.2, -0.15) is 0 Å². The Balaban J connectivity index is 3.05. The van der Waals surface area contributed by atoms with Crippen LogP contribution in [0.4, 0.5) is 0 Å². The van der Waals surface area contributed by atoms with Crippen LogP contribution in [0.25, 0.3) is 10.8 Å². The van der Waals surface area contributed by atoms with Gasteiger partial charge in [0.05, 0.1) is 11.6 Å². The molecule has 12 heavy (non-hydrogen) atoms. The first kappa shape index (κ1) is 7.55. The molecule has 3 heteroatoms. The highest BCUT2D eigenvalue weighted by molar-refractivity contribution is 9.10. The second-order valence-corrected chi connectivity index (χ2v) is 3.26. The quantitative estimate of drug-likeness (QED) is 0.689. The molecule has 0 aliphatic rings. The molecular formula is C9H5BrO2. The van der Waals surface area contributed by atoms with Crippen molar-refractivity contribution in [2.24, 2.45) is 0 Å². The number of benzene rings is 1. The molecule has 1 aromatic heterocycles. The second kappa shape index (κ2) is 2.75. The fourth-order valence-corrected chi connectivity index (χ4v) is 1.61. The van der Waals surface area contributed by atoms with Gasteiger partial charge in [0.15, 0.2) is 0 Å². The molecule has 0 radical (unpaired) electrons. The molecule has 1 heterocycles. The van der Waals surface area contributed by atoms with Crippen LogP contribution in [-0.4, -0.2) is 0 Å².